The molecule has 0 saturated carbocycles. The molecule has 1 saturated heterocycles. The highest BCUT2D eigenvalue weighted by atomic mass is 16.6. The standard InChI is InChI=1S/C15H27NO3/c1-11(2)6-7-12-10-16(9-8-13(12)17)14(18)19-15(3,4)5/h6,12-13,17H,7-10H2,1-5H3. The maximum Gasteiger partial charge on any atom is 0.410 e. The van der Waals surface area contributed by atoms with Gasteiger partial charge in [0.2, 0.25) is 0 Å². The Hall–Kier alpha value is -1.03. The second kappa shape index (κ2) is 6.42. The molecule has 0 aliphatic carbocycles. The Balaban J connectivity index is 2.58. The number of piperidine rings is 1. The normalized spacial score (nSPS) is 24.0. The summed E-state index contributed by atoms with van der Waals surface area (Å²) in [7, 11) is 0. The van der Waals surface area contributed by atoms with Gasteiger partial charge in [0, 0.05) is 19.0 Å². The number of nitrogens with zero attached hydrogens (tertiary/aromatic N) is 1. The van der Waals surface area contributed by atoms with E-state index in [0.29, 0.717) is 19.5 Å². The highest BCUT2D eigenvalue weighted by Gasteiger charge is 2.31. The number of aliphatic hydroxyl groups is 1. The number of amides is 1. The first kappa shape index (κ1) is 16.0. The summed E-state index contributed by atoms with van der Waals surface area (Å²) in [4.78, 5) is 13.7. The lowest BCUT2D eigenvalue weighted by atomic mass is 9.91. The largest absolute Gasteiger partial charge is 0.444 e. The van der Waals surface area contributed by atoms with Gasteiger partial charge in [-0.3, -0.25) is 0 Å². The van der Waals surface area contributed by atoms with Crippen LogP contribution in [0.4, 0.5) is 4.79 Å². The predicted octanol–water partition coefficient (Wildman–Crippen LogP) is 2.96. The van der Waals surface area contributed by atoms with Crippen LogP contribution in [0.2, 0.25) is 0 Å². The third kappa shape index (κ3) is 5.64. The Kier molecular flexibility index (Phi) is 5.41. The van der Waals surface area contributed by atoms with E-state index in [1.165, 1.54) is 5.57 Å². The average molecular weight is 269 g/mol. The van der Waals surface area contributed by atoms with Crippen LogP contribution >= 0.6 is 0 Å². The maximum atomic E-state index is 12.0. The van der Waals surface area contributed by atoms with Crippen LogP contribution < -0.4 is 0 Å². The molecule has 1 heterocycles. The van der Waals surface area contributed by atoms with Gasteiger partial charge in [-0.15, -0.1) is 0 Å². The first-order valence-electron chi connectivity index (χ1n) is 6.98. The van der Waals surface area contributed by atoms with E-state index in [4.69, 9.17) is 4.74 Å². The number of likely N-dealkylation sites (tertiary alicyclic amines) is 1. The monoisotopic (exact) mass is 269 g/mol. The molecule has 0 radical (unpaired) electrons. The number of hydrogen-bond donors (Lipinski definition) is 1. The number of allylic oxidation sites excluding steroid dienone is 2. The molecule has 1 N–H and O–H groups in total. The molecule has 1 rings (SSSR count). The van der Waals surface area contributed by atoms with Crippen LogP contribution in [0.1, 0.15) is 47.5 Å². The SMILES string of the molecule is CC(C)=CCC1CN(C(=O)OC(C)(C)C)CCC1O. The number of carbonyl (C=O) groups is 1. The zero-order valence-corrected chi connectivity index (χ0v) is 12.8. The van der Waals surface area contributed by atoms with Crippen molar-refractivity contribution in [1.82, 2.24) is 4.90 Å². The molecule has 0 aromatic heterocycles. The molecule has 0 bridgehead atoms. The molecule has 2 unspecified atom stereocenters. The van der Waals surface area contributed by atoms with Crippen LogP contribution in [0.25, 0.3) is 0 Å². The quantitative estimate of drug-likeness (QED) is 0.784. The van der Waals surface area contributed by atoms with Crippen LogP contribution in [-0.2, 0) is 4.74 Å². The van der Waals surface area contributed by atoms with Crippen molar-refractivity contribution in [2.45, 2.75) is 59.2 Å². The molecule has 1 amide bonds. The Bertz CT molecular complexity index is 340. The topological polar surface area (TPSA) is 49.8 Å². The lowest BCUT2D eigenvalue weighted by Crippen LogP contribution is -2.47. The molecule has 0 spiro atoms. The number of carbonyl (C=O) groups excluding carboxylic acids is 1. The van der Waals surface area contributed by atoms with Crippen molar-refractivity contribution < 1.29 is 14.6 Å². The van der Waals surface area contributed by atoms with Crippen LogP contribution in [0.15, 0.2) is 11.6 Å². The maximum absolute atomic E-state index is 12.0. The second-order valence-electron chi connectivity index (χ2n) is 6.56. The minimum atomic E-state index is -0.470. The van der Waals surface area contributed by atoms with Crippen molar-refractivity contribution >= 4 is 6.09 Å². The lowest BCUT2D eigenvalue weighted by Gasteiger charge is -2.36. The van der Waals surface area contributed by atoms with Crippen molar-refractivity contribution in [3.05, 3.63) is 11.6 Å². The lowest BCUT2D eigenvalue weighted by molar-refractivity contribution is -0.00774. The minimum absolute atomic E-state index is 0.108. The third-order valence-corrected chi connectivity index (χ3v) is 3.17. The number of hydrogen-bond acceptors (Lipinski definition) is 3. The zero-order chi connectivity index (χ0) is 14.6. The summed E-state index contributed by atoms with van der Waals surface area (Å²) in [6.07, 6.45) is 2.95. The van der Waals surface area contributed by atoms with Crippen molar-refractivity contribution in [3.8, 4) is 0 Å². The van der Waals surface area contributed by atoms with Gasteiger partial charge in [-0.1, -0.05) is 11.6 Å². The van der Waals surface area contributed by atoms with Crippen molar-refractivity contribution in [2.24, 2.45) is 5.92 Å². The summed E-state index contributed by atoms with van der Waals surface area (Å²) in [5, 5.41) is 10.0. The fraction of sp³-hybridized carbons (Fsp3) is 0.800. The predicted molar refractivity (Wildman–Crippen MR) is 76.0 cm³/mol. The van der Waals surface area contributed by atoms with Crippen LogP contribution in [0.3, 0.4) is 0 Å². The van der Waals surface area contributed by atoms with Crippen molar-refractivity contribution in [2.75, 3.05) is 13.1 Å². The summed E-state index contributed by atoms with van der Waals surface area (Å²) >= 11 is 0. The summed E-state index contributed by atoms with van der Waals surface area (Å²) in [6.45, 7) is 10.8. The van der Waals surface area contributed by atoms with Crippen LogP contribution in [0, 0.1) is 5.92 Å². The highest BCUT2D eigenvalue weighted by Crippen LogP contribution is 2.23. The molecule has 19 heavy (non-hydrogen) atoms. The fourth-order valence-corrected chi connectivity index (χ4v) is 2.13. The van der Waals surface area contributed by atoms with Crippen LogP contribution in [0.5, 0.6) is 0 Å². The molecule has 1 aliphatic rings. The van der Waals surface area contributed by atoms with E-state index < -0.39 is 5.60 Å². The van der Waals surface area contributed by atoms with Gasteiger partial charge in [0.1, 0.15) is 5.60 Å². The van der Waals surface area contributed by atoms with E-state index >= 15 is 0 Å². The molecule has 1 aliphatic heterocycles. The van der Waals surface area contributed by atoms with Gasteiger partial charge in [0.25, 0.3) is 0 Å². The van der Waals surface area contributed by atoms with Crippen molar-refractivity contribution in [1.29, 1.82) is 0 Å². The molecule has 110 valence electrons. The highest BCUT2D eigenvalue weighted by molar-refractivity contribution is 5.68. The van der Waals surface area contributed by atoms with E-state index in [-0.39, 0.29) is 18.1 Å². The minimum Gasteiger partial charge on any atom is -0.444 e. The molecule has 1 fully saturated rings. The average Bonchev–Trinajstić information content (AvgIpc) is 2.25. The van der Waals surface area contributed by atoms with E-state index in [1.54, 1.807) is 4.90 Å². The molecule has 0 aromatic rings. The van der Waals surface area contributed by atoms with Gasteiger partial charge < -0.3 is 14.7 Å². The van der Waals surface area contributed by atoms with Gasteiger partial charge in [-0.2, -0.15) is 0 Å². The van der Waals surface area contributed by atoms with E-state index in [1.807, 2.05) is 34.6 Å². The molecular formula is C15H27NO3. The van der Waals surface area contributed by atoms with Gasteiger partial charge in [0.05, 0.1) is 6.10 Å². The summed E-state index contributed by atoms with van der Waals surface area (Å²) in [5.74, 6) is 0.108. The van der Waals surface area contributed by atoms with Gasteiger partial charge in [-0.05, 0) is 47.5 Å². The molecule has 2 atom stereocenters. The van der Waals surface area contributed by atoms with Gasteiger partial charge >= 0.3 is 6.09 Å². The summed E-state index contributed by atoms with van der Waals surface area (Å²) in [6, 6.07) is 0. The van der Waals surface area contributed by atoms with Gasteiger partial charge in [-0.25, -0.2) is 4.79 Å². The molecule has 0 aromatic carbocycles. The van der Waals surface area contributed by atoms with E-state index in [2.05, 4.69) is 6.08 Å². The third-order valence-electron chi connectivity index (χ3n) is 3.17. The Morgan fingerprint density at radius 1 is 1.42 bits per heavy atom. The Morgan fingerprint density at radius 3 is 2.58 bits per heavy atom. The molecule has 4 nitrogen and oxygen atoms in total. The summed E-state index contributed by atoms with van der Waals surface area (Å²) in [5.41, 5.74) is 0.768. The van der Waals surface area contributed by atoms with Crippen LogP contribution in [-0.4, -0.2) is 40.9 Å². The Labute approximate surface area is 116 Å². The van der Waals surface area contributed by atoms with E-state index in [0.717, 1.165) is 6.42 Å². The van der Waals surface area contributed by atoms with Crippen molar-refractivity contribution in [3.63, 3.8) is 0 Å². The van der Waals surface area contributed by atoms with Gasteiger partial charge in [0.15, 0.2) is 0 Å². The zero-order valence-electron chi connectivity index (χ0n) is 12.8. The van der Waals surface area contributed by atoms with E-state index in [9.17, 15) is 9.90 Å². The smallest absolute Gasteiger partial charge is 0.410 e. The first-order valence-corrected chi connectivity index (χ1v) is 6.98. The number of ether oxygens (including phenoxy) is 1. The fourth-order valence-electron chi connectivity index (χ4n) is 2.13. The number of rotatable bonds is 2. The molecular weight excluding hydrogens is 242 g/mol. The second-order valence-corrected chi connectivity index (χ2v) is 6.56. The first-order chi connectivity index (χ1) is 8.69. The Morgan fingerprint density at radius 2 is 2.05 bits per heavy atom. The summed E-state index contributed by atoms with van der Waals surface area (Å²) < 4.78 is 5.38. The molecule has 4 heteroatoms. The number of aliphatic hydroxyl groups excluding tert-OH is 1.